The number of fused-ring (bicyclic) bond motifs is 3. The van der Waals surface area contributed by atoms with Gasteiger partial charge in [0.1, 0.15) is 0 Å². The molecule has 0 fully saturated rings. The highest BCUT2D eigenvalue weighted by Crippen LogP contribution is 2.24. The molecule has 0 saturated heterocycles. The van der Waals surface area contributed by atoms with Crippen molar-refractivity contribution in [1.82, 2.24) is 4.57 Å². The van der Waals surface area contributed by atoms with Gasteiger partial charge in [-0.05, 0) is 29.0 Å². The summed E-state index contributed by atoms with van der Waals surface area (Å²) in [5.41, 5.74) is 2.51. The van der Waals surface area contributed by atoms with Gasteiger partial charge >= 0.3 is 0 Å². The molecular formula is C12H9NS. The molecule has 0 N–H and O–H groups in total. The predicted molar refractivity (Wildman–Crippen MR) is 63.9 cm³/mol. The van der Waals surface area contributed by atoms with Gasteiger partial charge in [-0.2, -0.15) is 0 Å². The van der Waals surface area contributed by atoms with E-state index in [1.165, 1.54) is 16.6 Å². The minimum absolute atomic E-state index is 1.24. The van der Waals surface area contributed by atoms with Gasteiger partial charge in [-0.15, -0.1) is 11.8 Å². The average Bonchev–Trinajstić information content (AvgIpc) is 2.42. The fourth-order valence-corrected chi connectivity index (χ4v) is 2.24. The van der Waals surface area contributed by atoms with Crippen molar-refractivity contribution >= 4 is 34.9 Å². The number of hydrogen-bond acceptors (Lipinski definition) is 1. The van der Waals surface area contributed by atoms with Crippen molar-refractivity contribution in [2.45, 2.75) is 0 Å². The highest BCUT2D eigenvalue weighted by Gasteiger charge is 2.04. The molecule has 0 atom stereocenters. The van der Waals surface area contributed by atoms with Crippen LogP contribution in [0, 0.1) is 0 Å². The van der Waals surface area contributed by atoms with Crippen LogP contribution in [-0.4, -0.2) is 4.57 Å². The SMILES string of the molecule is C1=Cc2cc3ccccc3n2C=CS1. The number of thioether (sulfide) groups is 1. The van der Waals surface area contributed by atoms with E-state index in [9.17, 15) is 0 Å². The molecular weight excluding hydrogens is 190 g/mol. The van der Waals surface area contributed by atoms with Crippen LogP contribution in [0.5, 0.6) is 0 Å². The van der Waals surface area contributed by atoms with Gasteiger partial charge < -0.3 is 4.57 Å². The molecule has 2 heterocycles. The van der Waals surface area contributed by atoms with Crippen molar-refractivity contribution in [3.8, 4) is 0 Å². The second-order valence-corrected chi connectivity index (χ2v) is 4.04. The first-order valence-electron chi connectivity index (χ1n) is 4.54. The maximum absolute atomic E-state index is 2.21. The Morgan fingerprint density at radius 1 is 1.07 bits per heavy atom. The molecule has 0 aliphatic carbocycles. The second-order valence-electron chi connectivity index (χ2n) is 3.22. The van der Waals surface area contributed by atoms with E-state index in [4.69, 9.17) is 0 Å². The predicted octanol–water partition coefficient (Wildman–Crippen LogP) is 3.79. The quantitative estimate of drug-likeness (QED) is 0.625. The van der Waals surface area contributed by atoms with E-state index in [1.807, 2.05) is 0 Å². The molecule has 0 bridgehead atoms. The minimum Gasteiger partial charge on any atom is -0.316 e. The van der Waals surface area contributed by atoms with Gasteiger partial charge in [0, 0.05) is 17.3 Å². The van der Waals surface area contributed by atoms with Gasteiger partial charge in [0.15, 0.2) is 0 Å². The van der Waals surface area contributed by atoms with E-state index in [0.29, 0.717) is 0 Å². The Morgan fingerprint density at radius 2 is 2.00 bits per heavy atom. The summed E-state index contributed by atoms with van der Waals surface area (Å²) in [4.78, 5) is 0. The Kier molecular flexibility index (Phi) is 1.74. The zero-order valence-corrected chi connectivity index (χ0v) is 8.37. The van der Waals surface area contributed by atoms with E-state index in [2.05, 4.69) is 58.0 Å². The van der Waals surface area contributed by atoms with E-state index < -0.39 is 0 Å². The number of para-hydroxylation sites is 1. The van der Waals surface area contributed by atoms with Crippen LogP contribution in [0.25, 0.3) is 23.2 Å². The number of aromatic nitrogens is 1. The van der Waals surface area contributed by atoms with E-state index in [-0.39, 0.29) is 0 Å². The Bertz CT molecular complexity index is 534. The lowest BCUT2D eigenvalue weighted by molar-refractivity contribution is 1.21. The molecule has 68 valence electrons. The summed E-state index contributed by atoms with van der Waals surface area (Å²) in [6, 6.07) is 10.6. The highest BCUT2D eigenvalue weighted by atomic mass is 32.2. The molecule has 0 saturated carbocycles. The molecule has 1 nitrogen and oxygen atoms in total. The molecule has 14 heavy (non-hydrogen) atoms. The van der Waals surface area contributed by atoms with Crippen LogP contribution < -0.4 is 0 Å². The first-order chi connectivity index (χ1) is 6.95. The summed E-state index contributed by atoms with van der Waals surface area (Å²) in [5.74, 6) is 0. The lowest BCUT2D eigenvalue weighted by atomic mass is 10.2. The first kappa shape index (κ1) is 7.94. The molecule has 0 unspecified atom stereocenters. The molecule has 0 spiro atoms. The van der Waals surface area contributed by atoms with Crippen molar-refractivity contribution in [2.24, 2.45) is 0 Å². The summed E-state index contributed by atoms with van der Waals surface area (Å²) in [5, 5.41) is 5.50. The maximum atomic E-state index is 2.21. The number of nitrogens with zero attached hydrogens (tertiary/aromatic N) is 1. The number of rotatable bonds is 0. The Hall–Kier alpha value is -1.41. The van der Waals surface area contributed by atoms with Crippen LogP contribution in [0.2, 0.25) is 0 Å². The molecule has 2 aromatic rings. The third-order valence-electron chi connectivity index (χ3n) is 2.38. The normalized spacial score (nSPS) is 14.3. The van der Waals surface area contributed by atoms with Crippen molar-refractivity contribution < 1.29 is 0 Å². The van der Waals surface area contributed by atoms with Crippen LogP contribution in [0.3, 0.4) is 0 Å². The number of hydrogen-bond donors (Lipinski definition) is 0. The van der Waals surface area contributed by atoms with Crippen LogP contribution >= 0.6 is 11.8 Å². The standard InChI is InChI=1S/C12H9NS/c1-2-4-12-10(3-1)9-11-5-7-14-8-6-13(11)12/h1-9H. The van der Waals surface area contributed by atoms with Crippen molar-refractivity contribution in [1.29, 1.82) is 0 Å². The average molecular weight is 199 g/mol. The zero-order valence-electron chi connectivity index (χ0n) is 7.55. The zero-order chi connectivity index (χ0) is 9.38. The molecule has 1 aliphatic heterocycles. The lowest BCUT2D eigenvalue weighted by Crippen LogP contribution is -1.86. The summed E-state index contributed by atoms with van der Waals surface area (Å²) >= 11 is 1.70. The fraction of sp³-hybridized carbons (Fsp3) is 0. The minimum atomic E-state index is 1.24. The summed E-state index contributed by atoms with van der Waals surface area (Å²) in [6.07, 6.45) is 4.26. The van der Waals surface area contributed by atoms with Crippen molar-refractivity contribution in [3.05, 3.63) is 46.8 Å². The van der Waals surface area contributed by atoms with Crippen molar-refractivity contribution in [2.75, 3.05) is 0 Å². The molecule has 2 heteroatoms. The molecule has 3 rings (SSSR count). The molecule has 1 aromatic heterocycles. The lowest BCUT2D eigenvalue weighted by Gasteiger charge is -1.98. The Labute approximate surface area is 86.7 Å². The smallest absolute Gasteiger partial charge is 0.0528 e. The van der Waals surface area contributed by atoms with Gasteiger partial charge in [0.2, 0.25) is 0 Å². The van der Waals surface area contributed by atoms with Gasteiger partial charge in [0.05, 0.1) is 5.52 Å². The summed E-state index contributed by atoms with van der Waals surface area (Å²) < 4.78 is 2.21. The van der Waals surface area contributed by atoms with E-state index in [1.54, 1.807) is 11.8 Å². The van der Waals surface area contributed by atoms with Crippen LogP contribution in [0.1, 0.15) is 5.69 Å². The monoisotopic (exact) mass is 199 g/mol. The van der Waals surface area contributed by atoms with E-state index >= 15 is 0 Å². The summed E-state index contributed by atoms with van der Waals surface area (Å²) in [6.45, 7) is 0. The summed E-state index contributed by atoms with van der Waals surface area (Å²) in [7, 11) is 0. The Balaban J connectivity index is 2.41. The first-order valence-corrected chi connectivity index (χ1v) is 5.48. The van der Waals surface area contributed by atoms with Crippen LogP contribution in [-0.2, 0) is 0 Å². The molecule has 1 aromatic carbocycles. The third kappa shape index (κ3) is 1.11. The largest absolute Gasteiger partial charge is 0.316 e. The Morgan fingerprint density at radius 3 is 3.00 bits per heavy atom. The number of benzene rings is 1. The van der Waals surface area contributed by atoms with Crippen LogP contribution in [0.4, 0.5) is 0 Å². The van der Waals surface area contributed by atoms with Crippen LogP contribution in [0.15, 0.2) is 41.1 Å². The van der Waals surface area contributed by atoms with Gasteiger partial charge in [-0.3, -0.25) is 0 Å². The van der Waals surface area contributed by atoms with E-state index in [0.717, 1.165) is 0 Å². The van der Waals surface area contributed by atoms with Gasteiger partial charge in [0.25, 0.3) is 0 Å². The highest BCUT2D eigenvalue weighted by molar-refractivity contribution is 8.05. The topological polar surface area (TPSA) is 4.93 Å². The van der Waals surface area contributed by atoms with Crippen molar-refractivity contribution in [3.63, 3.8) is 0 Å². The molecule has 0 radical (unpaired) electrons. The molecule has 0 amide bonds. The second kappa shape index (κ2) is 3.07. The molecule has 1 aliphatic rings. The van der Waals surface area contributed by atoms with Gasteiger partial charge in [-0.25, -0.2) is 0 Å². The van der Waals surface area contributed by atoms with Gasteiger partial charge in [-0.1, -0.05) is 18.2 Å². The maximum Gasteiger partial charge on any atom is 0.0528 e. The fourth-order valence-electron chi connectivity index (χ4n) is 1.74. The third-order valence-corrected chi connectivity index (χ3v) is 2.96.